The molecule has 0 aliphatic heterocycles. The lowest BCUT2D eigenvalue weighted by Crippen LogP contribution is -2.43. The minimum atomic E-state index is -3.89. The Morgan fingerprint density at radius 1 is 1.12 bits per heavy atom. The monoisotopic (exact) mass is 287 g/mol. The van der Waals surface area contributed by atoms with Crippen LogP contribution in [0.15, 0.2) is 0 Å². The maximum atomic E-state index is 10.6. The minimum Gasteiger partial charge on any atom is -0.377 e. The van der Waals surface area contributed by atoms with Crippen LogP contribution in [0.3, 0.4) is 0 Å². The van der Waals surface area contributed by atoms with Gasteiger partial charge in [0.2, 0.25) is 0 Å². The Bertz CT molecular complexity index is 236. The molecule has 0 amide bonds. The van der Waals surface area contributed by atoms with Crippen molar-refractivity contribution >= 4 is 16.4 Å². The van der Waals surface area contributed by atoms with Crippen LogP contribution in [0.1, 0.15) is 6.42 Å². The van der Waals surface area contributed by atoms with E-state index in [2.05, 4.69) is 5.32 Å². The summed E-state index contributed by atoms with van der Waals surface area (Å²) in [6.45, 7) is 0.941. The Balaban J connectivity index is 3.66. The molecule has 0 radical (unpaired) electrons. The molecule has 9 heteroatoms. The van der Waals surface area contributed by atoms with Gasteiger partial charge in [-0.2, -0.15) is 0 Å². The highest BCUT2D eigenvalue weighted by atomic mass is 31.2. The summed E-state index contributed by atoms with van der Waals surface area (Å²) in [6.07, 6.45) is 0.622. The van der Waals surface area contributed by atoms with Crippen molar-refractivity contribution < 1.29 is 27.6 Å². The zero-order valence-corrected chi connectivity index (χ0v) is 12.4. The first-order chi connectivity index (χ1) is 7.89. The van der Waals surface area contributed by atoms with E-state index in [1.807, 2.05) is 0 Å². The van der Waals surface area contributed by atoms with Crippen LogP contribution in [-0.2, 0) is 17.8 Å². The molecule has 0 aliphatic rings. The average Bonchev–Trinajstić information content (AvgIpc) is 2.28. The van der Waals surface area contributed by atoms with Gasteiger partial charge < -0.3 is 28.4 Å². The normalized spacial score (nSPS) is 13.0. The molecule has 0 atom stereocenters. The Morgan fingerprint density at radius 3 is 2.06 bits per heavy atom. The topological polar surface area (TPSA) is 97.3 Å². The zero-order chi connectivity index (χ0) is 13.4. The summed E-state index contributed by atoms with van der Waals surface area (Å²) in [5.41, 5.74) is 0. The van der Waals surface area contributed by atoms with E-state index in [9.17, 15) is 4.57 Å². The Morgan fingerprint density at radius 2 is 1.65 bits per heavy atom. The van der Waals surface area contributed by atoms with Crippen molar-refractivity contribution in [1.29, 1.82) is 0 Å². The summed E-state index contributed by atoms with van der Waals surface area (Å²) in [6, 6.07) is 0.666. The molecule has 17 heavy (non-hydrogen) atoms. The Labute approximate surface area is 103 Å². The second-order valence-corrected chi connectivity index (χ2v) is 8.40. The van der Waals surface area contributed by atoms with E-state index >= 15 is 0 Å². The van der Waals surface area contributed by atoms with Gasteiger partial charge in [0.05, 0.1) is 6.16 Å². The number of hydrogen-bond donors (Lipinski definition) is 3. The summed E-state index contributed by atoms with van der Waals surface area (Å²) in [5.74, 6) is 0. The minimum absolute atomic E-state index is 0.144. The van der Waals surface area contributed by atoms with Crippen LogP contribution in [0.25, 0.3) is 0 Å². The van der Waals surface area contributed by atoms with Crippen molar-refractivity contribution in [1.82, 2.24) is 5.32 Å². The molecule has 0 fully saturated rings. The molecule has 0 saturated heterocycles. The van der Waals surface area contributed by atoms with Gasteiger partial charge >= 0.3 is 16.4 Å². The third-order valence-electron chi connectivity index (χ3n) is 2.35. The van der Waals surface area contributed by atoms with Crippen LogP contribution in [-0.4, -0.2) is 59.2 Å². The van der Waals surface area contributed by atoms with Crippen LogP contribution < -0.4 is 5.32 Å². The summed E-state index contributed by atoms with van der Waals surface area (Å²) in [7, 11) is -1.73. The second-order valence-electron chi connectivity index (χ2n) is 3.54. The second kappa shape index (κ2) is 8.33. The van der Waals surface area contributed by atoms with Gasteiger partial charge in [-0.1, -0.05) is 0 Å². The van der Waals surface area contributed by atoms with Gasteiger partial charge in [0.1, 0.15) is 0 Å². The average molecular weight is 287 g/mol. The highest BCUT2D eigenvalue weighted by molar-refractivity contribution is 7.51. The lowest BCUT2D eigenvalue weighted by Gasteiger charge is -2.24. The maximum Gasteiger partial charge on any atom is 0.500 e. The van der Waals surface area contributed by atoms with E-state index in [1.54, 1.807) is 21.3 Å². The molecule has 0 unspecified atom stereocenters. The molecule has 104 valence electrons. The molecular formula is C8H22NO6PSi. The zero-order valence-electron chi connectivity index (χ0n) is 10.5. The van der Waals surface area contributed by atoms with E-state index in [0.717, 1.165) is 6.42 Å². The fraction of sp³-hybridized carbons (Fsp3) is 1.00. The first-order valence-corrected chi connectivity index (χ1v) is 9.03. The quantitative estimate of drug-likeness (QED) is 0.296. The van der Waals surface area contributed by atoms with E-state index in [1.165, 1.54) is 0 Å². The van der Waals surface area contributed by atoms with Crippen LogP contribution in [0, 0.1) is 0 Å². The highest BCUT2D eigenvalue weighted by Crippen LogP contribution is 2.32. The van der Waals surface area contributed by atoms with Crippen LogP contribution in [0.2, 0.25) is 6.04 Å². The van der Waals surface area contributed by atoms with Crippen molar-refractivity contribution in [3.05, 3.63) is 0 Å². The first kappa shape index (κ1) is 17.2. The molecule has 0 aromatic heterocycles. The smallest absolute Gasteiger partial charge is 0.377 e. The van der Waals surface area contributed by atoms with Crippen molar-refractivity contribution in [2.75, 3.05) is 40.6 Å². The summed E-state index contributed by atoms with van der Waals surface area (Å²) >= 11 is 0. The largest absolute Gasteiger partial charge is 0.500 e. The summed E-state index contributed by atoms with van der Waals surface area (Å²) in [5, 5.41) is 2.95. The van der Waals surface area contributed by atoms with Gasteiger partial charge in [-0.15, -0.1) is 0 Å². The molecule has 0 spiro atoms. The molecule has 0 aromatic carbocycles. The fourth-order valence-electron chi connectivity index (χ4n) is 1.34. The lowest BCUT2D eigenvalue weighted by molar-refractivity contribution is 0.123. The molecule has 0 rings (SSSR count). The number of rotatable bonds is 10. The van der Waals surface area contributed by atoms with Crippen LogP contribution in [0.5, 0.6) is 0 Å². The van der Waals surface area contributed by atoms with Crippen molar-refractivity contribution in [2.24, 2.45) is 0 Å². The maximum absolute atomic E-state index is 10.6. The molecule has 0 bridgehead atoms. The molecule has 0 saturated carbocycles. The van der Waals surface area contributed by atoms with Crippen molar-refractivity contribution in [3.8, 4) is 0 Å². The third kappa shape index (κ3) is 8.01. The van der Waals surface area contributed by atoms with Crippen LogP contribution >= 0.6 is 7.60 Å². The highest BCUT2D eigenvalue weighted by Gasteiger charge is 2.36. The molecular weight excluding hydrogens is 265 g/mol. The van der Waals surface area contributed by atoms with Gasteiger partial charge in [0, 0.05) is 33.9 Å². The van der Waals surface area contributed by atoms with E-state index in [-0.39, 0.29) is 6.16 Å². The van der Waals surface area contributed by atoms with Gasteiger partial charge in [0.15, 0.2) is 0 Å². The third-order valence-corrected chi connectivity index (χ3v) is 5.99. The Hall–Kier alpha value is 0.207. The van der Waals surface area contributed by atoms with Crippen molar-refractivity contribution in [3.63, 3.8) is 0 Å². The molecule has 0 heterocycles. The standard InChI is InChI=1S/C8H22NO6PSi/c1-13-17(14-2,15-3)8-4-5-9-6-7-16(10,11)12/h9H,4-8H2,1-3H3,(H2,10,11,12). The fourth-order valence-corrected chi connectivity index (χ4v) is 3.51. The molecule has 3 N–H and O–H groups in total. The molecule has 0 aliphatic carbocycles. The van der Waals surface area contributed by atoms with Gasteiger partial charge in [-0.25, -0.2) is 0 Å². The molecule has 0 aromatic rings. The lowest BCUT2D eigenvalue weighted by atomic mass is 10.5. The van der Waals surface area contributed by atoms with Gasteiger partial charge in [-0.05, 0) is 13.0 Å². The van der Waals surface area contributed by atoms with E-state index < -0.39 is 16.4 Å². The van der Waals surface area contributed by atoms with E-state index in [4.69, 9.17) is 23.1 Å². The SMILES string of the molecule is CO[Si](CCCNCCP(=O)(O)O)(OC)OC. The van der Waals surface area contributed by atoms with E-state index in [0.29, 0.717) is 19.1 Å². The van der Waals surface area contributed by atoms with Gasteiger partial charge in [0.25, 0.3) is 0 Å². The van der Waals surface area contributed by atoms with Gasteiger partial charge in [-0.3, -0.25) is 4.57 Å². The summed E-state index contributed by atoms with van der Waals surface area (Å²) < 4.78 is 26.3. The summed E-state index contributed by atoms with van der Waals surface area (Å²) in [4.78, 5) is 17.3. The van der Waals surface area contributed by atoms with Crippen LogP contribution in [0.4, 0.5) is 0 Å². The number of hydrogen-bond acceptors (Lipinski definition) is 5. The molecule has 7 nitrogen and oxygen atoms in total. The number of nitrogens with one attached hydrogen (secondary N) is 1. The van der Waals surface area contributed by atoms with Crippen molar-refractivity contribution in [2.45, 2.75) is 12.5 Å². The first-order valence-electron chi connectivity index (χ1n) is 5.30. The Kier molecular flexibility index (Phi) is 8.43. The predicted molar refractivity (Wildman–Crippen MR) is 66.0 cm³/mol. The predicted octanol–water partition coefficient (Wildman–Crippen LogP) is 0.0219.